The molecule has 0 saturated carbocycles. The molecule has 0 radical (unpaired) electrons. The Morgan fingerprint density at radius 1 is 1.38 bits per heavy atom. The highest BCUT2D eigenvalue weighted by Gasteiger charge is 2.08. The fourth-order valence-electron chi connectivity index (χ4n) is 1.60. The molecule has 0 bridgehead atoms. The molecule has 5 heteroatoms. The predicted molar refractivity (Wildman–Crippen MR) is 63.7 cm³/mol. The van der Waals surface area contributed by atoms with Crippen molar-refractivity contribution in [2.24, 2.45) is 5.73 Å². The van der Waals surface area contributed by atoms with Gasteiger partial charge in [-0.05, 0) is 31.5 Å². The van der Waals surface area contributed by atoms with Crippen LogP contribution in [-0.4, -0.2) is 14.8 Å². The van der Waals surface area contributed by atoms with E-state index in [4.69, 9.17) is 17.3 Å². The Bertz CT molecular complexity index is 519. The molecule has 0 atom stereocenters. The first-order chi connectivity index (χ1) is 7.61. The number of halogens is 1. The van der Waals surface area contributed by atoms with Gasteiger partial charge in [-0.15, -0.1) is 0 Å². The van der Waals surface area contributed by atoms with Crippen molar-refractivity contribution in [1.29, 1.82) is 0 Å². The van der Waals surface area contributed by atoms with E-state index in [1.165, 1.54) is 0 Å². The maximum absolute atomic E-state index is 6.18. The number of aryl methyl sites for hydroxylation is 2. The molecule has 2 rings (SSSR count). The summed E-state index contributed by atoms with van der Waals surface area (Å²) in [7, 11) is 0. The minimum absolute atomic E-state index is 0.482. The number of rotatable bonds is 2. The van der Waals surface area contributed by atoms with Gasteiger partial charge in [0.1, 0.15) is 11.6 Å². The Hall–Kier alpha value is -1.39. The van der Waals surface area contributed by atoms with Crippen molar-refractivity contribution >= 4 is 11.6 Å². The topological polar surface area (TPSA) is 56.7 Å². The number of nitrogens with two attached hydrogens (primary N) is 1. The Labute approximate surface area is 99.1 Å². The molecule has 1 heterocycles. The first-order valence-electron chi connectivity index (χ1n) is 5.01. The first-order valence-corrected chi connectivity index (χ1v) is 5.38. The van der Waals surface area contributed by atoms with E-state index in [-0.39, 0.29) is 0 Å². The van der Waals surface area contributed by atoms with Crippen LogP contribution in [0.25, 0.3) is 5.69 Å². The highest BCUT2D eigenvalue weighted by atomic mass is 35.5. The lowest BCUT2D eigenvalue weighted by molar-refractivity contribution is 0.830. The lowest BCUT2D eigenvalue weighted by atomic mass is 10.2. The van der Waals surface area contributed by atoms with E-state index in [9.17, 15) is 0 Å². The molecule has 2 N–H and O–H groups in total. The van der Waals surface area contributed by atoms with Gasteiger partial charge in [-0.1, -0.05) is 17.7 Å². The van der Waals surface area contributed by atoms with Crippen molar-refractivity contribution in [3.05, 3.63) is 40.4 Å². The summed E-state index contributed by atoms with van der Waals surface area (Å²) >= 11 is 6.18. The molecule has 0 fully saturated rings. The van der Waals surface area contributed by atoms with Crippen LogP contribution in [0.1, 0.15) is 17.2 Å². The fraction of sp³-hybridized carbons (Fsp3) is 0.273. The van der Waals surface area contributed by atoms with Crippen LogP contribution >= 0.6 is 11.6 Å². The lowest BCUT2D eigenvalue weighted by Crippen LogP contribution is -2.02. The van der Waals surface area contributed by atoms with Gasteiger partial charge in [-0.25, -0.2) is 9.67 Å². The van der Waals surface area contributed by atoms with Crippen molar-refractivity contribution in [2.45, 2.75) is 20.4 Å². The Balaban J connectivity index is 2.52. The normalized spacial score (nSPS) is 10.8. The Morgan fingerprint density at radius 2 is 2.12 bits per heavy atom. The van der Waals surface area contributed by atoms with Gasteiger partial charge in [0.15, 0.2) is 0 Å². The quantitative estimate of drug-likeness (QED) is 0.868. The van der Waals surface area contributed by atoms with Gasteiger partial charge in [-0.2, -0.15) is 5.10 Å². The monoisotopic (exact) mass is 236 g/mol. The molecule has 4 nitrogen and oxygen atoms in total. The molecule has 0 unspecified atom stereocenters. The fourth-order valence-corrected chi connectivity index (χ4v) is 1.88. The van der Waals surface area contributed by atoms with Crippen molar-refractivity contribution in [1.82, 2.24) is 14.8 Å². The zero-order valence-electron chi connectivity index (χ0n) is 9.24. The number of benzene rings is 1. The molecule has 0 aliphatic carbocycles. The molecule has 16 heavy (non-hydrogen) atoms. The summed E-state index contributed by atoms with van der Waals surface area (Å²) in [6.07, 6.45) is 0. The van der Waals surface area contributed by atoms with Gasteiger partial charge in [0.05, 0.1) is 10.7 Å². The van der Waals surface area contributed by atoms with Crippen LogP contribution in [0.4, 0.5) is 0 Å². The minimum Gasteiger partial charge on any atom is -0.326 e. The van der Waals surface area contributed by atoms with Gasteiger partial charge in [0.2, 0.25) is 0 Å². The molecule has 0 aliphatic heterocycles. The van der Waals surface area contributed by atoms with Crippen LogP contribution < -0.4 is 5.73 Å². The van der Waals surface area contributed by atoms with Gasteiger partial charge >= 0.3 is 0 Å². The van der Waals surface area contributed by atoms with Gasteiger partial charge in [0.25, 0.3) is 0 Å². The molecular formula is C11H13ClN4. The van der Waals surface area contributed by atoms with Crippen molar-refractivity contribution in [2.75, 3.05) is 0 Å². The van der Waals surface area contributed by atoms with Crippen LogP contribution in [-0.2, 0) is 6.54 Å². The number of aromatic nitrogens is 3. The summed E-state index contributed by atoms with van der Waals surface area (Å²) < 4.78 is 1.73. The summed E-state index contributed by atoms with van der Waals surface area (Å²) in [6, 6.07) is 5.71. The molecule has 0 spiro atoms. The van der Waals surface area contributed by atoms with E-state index in [1.54, 1.807) is 4.68 Å². The van der Waals surface area contributed by atoms with E-state index in [1.807, 2.05) is 32.0 Å². The second kappa shape index (κ2) is 4.23. The van der Waals surface area contributed by atoms with E-state index >= 15 is 0 Å². The maximum atomic E-state index is 6.18. The van der Waals surface area contributed by atoms with Crippen LogP contribution in [0.15, 0.2) is 18.2 Å². The highest BCUT2D eigenvalue weighted by Crippen LogP contribution is 2.22. The molecule has 84 valence electrons. The first kappa shape index (κ1) is 11.1. The molecular weight excluding hydrogens is 224 g/mol. The van der Waals surface area contributed by atoms with Gasteiger partial charge in [0, 0.05) is 6.54 Å². The summed E-state index contributed by atoms with van der Waals surface area (Å²) in [5, 5.41) is 4.92. The average Bonchev–Trinajstić information content (AvgIpc) is 2.57. The number of hydrogen-bond acceptors (Lipinski definition) is 3. The second-order valence-corrected chi connectivity index (χ2v) is 4.02. The van der Waals surface area contributed by atoms with Gasteiger partial charge in [-0.3, -0.25) is 0 Å². The predicted octanol–water partition coefficient (Wildman–Crippen LogP) is 2.00. The molecule has 0 saturated heterocycles. The van der Waals surface area contributed by atoms with Crippen molar-refractivity contribution in [3.8, 4) is 5.69 Å². The zero-order chi connectivity index (χ0) is 11.7. The van der Waals surface area contributed by atoms with Crippen LogP contribution in [0, 0.1) is 13.8 Å². The van der Waals surface area contributed by atoms with Crippen LogP contribution in [0.2, 0.25) is 5.02 Å². The summed E-state index contributed by atoms with van der Waals surface area (Å²) in [5.41, 5.74) is 7.38. The third kappa shape index (κ3) is 1.94. The highest BCUT2D eigenvalue weighted by molar-refractivity contribution is 6.32. The lowest BCUT2D eigenvalue weighted by Gasteiger charge is -2.07. The smallest absolute Gasteiger partial charge is 0.148 e. The molecule has 1 aromatic heterocycles. The standard InChI is InChI=1S/C11H13ClN4/c1-7-14-8(2)16(15-7)11-4-3-9(6-13)5-10(11)12/h3-5H,6,13H2,1-2H3. The number of nitrogens with zero attached hydrogens (tertiary/aromatic N) is 3. The van der Waals surface area contributed by atoms with Crippen molar-refractivity contribution in [3.63, 3.8) is 0 Å². The van der Waals surface area contributed by atoms with Crippen molar-refractivity contribution < 1.29 is 0 Å². The zero-order valence-corrected chi connectivity index (χ0v) is 9.99. The number of hydrogen-bond donors (Lipinski definition) is 1. The Kier molecular flexibility index (Phi) is 2.94. The maximum Gasteiger partial charge on any atom is 0.148 e. The molecule has 0 aliphatic rings. The van der Waals surface area contributed by atoms with E-state index in [2.05, 4.69) is 10.1 Å². The minimum atomic E-state index is 0.482. The van der Waals surface area contributed by atoms with Gasteiger partial charge < -0.3 is 5.73 Å². The molecule has 2 aromatic rings. The van der Waals surface area contributed by atoms with E-state index in [0.717, 1.165) is 22.9 Å². The van der Waals surface area contributed by atoms with Crippen LogP contribution in [0.5, 0.6) is 0 Å². The van der Waals surface area contributed by atoms with E-state index in [0.29, 0.717) is 11.6 Å². The summed E-state index contributed by atoms with van der Waals surface area (Å²) in [6.45, 7) is 4.23. The summed E-state index contributed by atoms with van der Waals surface area (Å²) in [4.78, 5) is 4.24. The average molecular weight is 237 g/mol. The SMILES string of the molecule is Cc1nc(C)n(-c2ccc(CN)cc2Cl)n1. The third-order valence-electron chi connectivity index (χ3n) is 2.35. The second-order valence-electron chi connectivity index (χ2n) is 3.61. The third-order valence-corrected chi connectivity index (χ3v) is 2.65. The summed E-state index contributed by atoms with van der Waals surface area (Å²) in [5.74, 6) is 1.55. The molecule has 0 amide bonds. The van der Waals surface area contributed by atoms with E-state index < -0.39 is 0 Å². The molecule has 1 aromatic carbocycles. The van der Waals surface area contributed by atoms with Crippen LogP contribution in [0.3, 0.4) is 0 Å². The largest absolute Gasteiger partial charge is 0.326 e. The Morgan fingerprint density at radius 3 is 2.62 bits per heavy atom.